The topological polar surface area (TPSA) is 61.8 Å². The van der Waals surface area contributed by atoms with Gasteiger partial charge in [0.05, 0.1) is 11.1 Å². The van der Waals surface area contributed by atoms with Crippen LogP contribution in [0, 0.1) is 5.82 Å². The summed E-state index contributed by atoms with van der Waals surface area (Å²) in [6, 6.07) is 20.3. The minimum Gasteiger partial charge on any atom is -0.490 e. The SMILES string of the molecule is O=C(OCCOc1ccccc1)c1ccc(OC(=O)c2cccc(F)c2)cc1. The van der Waals surface area contributed by atoms with E-state index in [4.69, 9.17) is 14.2 Å². The first-order chi connectivity index (χ1) is 13.6. The highest BCUT2D eigenvalue weighted by molar-refractivity contribution is 5.92. The average molecular weight is 380 g/mol. The van der Waals surface area contributed by atoms with E-state index < -0.39 is 17.8 Å². The van der Waals surface area contributed by atoms with Gasteiger partial charge in [0.25, 0.3) is 0 Å². The van der Waals surface area contributed by atoms with Gasteiger partial charge in [-0.2, -0.15) is 0 Å². The molecule has 0 aromatic heterocycles. The van der Waals surface area contributed by atoms with Crippen molar-refractivity contribution in [3.8, 4) is 11.5 Å². The summed E-state index contributed by atoms with van der Waals surface area (Å²) in [5.74, 6) is -0.794. The highest BCUT2D eigenvalue weighted by Gasteiger charge is 2.11. The van der Waals surface area contributed by atoms with Crippen LogP contribution < -0.4 is 9.47 Å². The number of carbonyl (C=O) groups excluding carboxylic acids is 2. The molecule has 0 atom stereocenters. The Kier molecular flexibility index (Phi) is 6.36. The molecule has 0 bridgehead atoms. The highest BCUT2D eigenvalue weighted by atomic mass is 19.1. The molecular weight excluding hydrogens is 363 g/mol. The lowest BCUT2D eigenvalue weighted by atomic mass is 10.2. The van der Waals surface area contributed by atoms with Crippen molar-refractivity contribution in [2.75, 3.05) is 13.2 Å². The van der Waals surface area contributed by atoms with Crippen LogP contribution in [0.3, 0.4) is 0 Å². The minimum atomic E-state index is -0.687. The minimum absolute atomic E-state index is 0.0990. The lowest BCUT2D eigenvalue weighted by Gasteiger charge is -2.08. The van der Waals surface area contributed by atoms with Crippen molar-refractivity contribution in [3.05, 3.63) is 95.8 Å². The molecule has 0 fully saturated rings. The molecule has 0 unspecified atom stereocenters. The first kappa shape index (κ1) is 19.1. The molecule has 0 aliphatic carbocycles. The number of esters is 2. The van der Waals surface area contributed by atoms with Crippen LogP contribution in [0.1, 0.15) is 20.7 Å². The van der Waals surface area contributed by atoms with Gasteiger partial charge >= 0.3 is 11.9 Å². The van der Waals surface area contributed by atoms with Gasteiger partial charge in [-0.15, -0.1) is 0 Å². The van der Waals surface area contributed by atoms with Gasteiger partial charge in [-0.3, -0.25) is 0 Å². The van der Waals surface area contributed by atoms with Crippen molar-refractivity contribution in [2.45, 2.75) is 0 Å². The third kappa shape index (κ3) is 5.41. The molecule has 0 radical (unpaired) electrons. The summed E-state index contributed by atoms with van der Waals surface area (Å²) in [6.45, 7) is 0.336. The summed E-state index contributed by atoms with van der Waals surface area (Å²) in [7, 11) is 0. The smallest absolute Gasteiger partial charge is 0.343 e. The second kappa shape index (κ2) is 9.32. The van der Waals surface area contributed by atoms with Crippen LogP contribution in [0.5, 0.6) is 11.5 Å². The first-order valence-electron chi connectivity index (χ1n) is 8.54. The van der Waals surface area contributed by atoms with Crippen LogP contribution in [-0.2, 0) is 4.74 Å². The van der Waals surface area contributed by atoms with Crippen LogP contribution in [0.2, 0.25) is 0 Å². The lowest BCUT2D eigenvalue weighted by Crippen LogP contribution is -2.12. The maximum Gasteiger partial charge on any atom is 0.343 e. The van der Waals surface area contributed by atoms with Gasteiger partial charge in [-0.25, -0.2) is 14.0 Å². The molecule has 3 aromatic rings. The predicted molar refractivity (Wildman–Crippen MR) is 100 cm³/mol. The zero-order valence-corrected chi connectivity index (χ0v) is 14.8. The van der Waals surface area contributed by atoms with E-state index in [1.54, 1.807) is 0 Å². The maximum absolute atomic E-state index is 13.2. The number of hydrogen-bond donors (Lipinski definition) is 0. The quantitative estimate of drug-likeness (QED) is 0.348. The number of hydrogen-bond acceptors (Lipinski definition) is 5. The number of benzene rings is 3. The van der Waals surface area contributed by atoms with E-state index in [2.05, 4.69) is 0 Å². The van der Waals surface area contributed by atoms with Crippen LogP contribution in [0.25, 0.3) is 0 Å². The zero-order valence-electron chi connectivity index (χ0n) is 14.8. The van der Waals surface area contributed by atoms with Crippen LogP contribution >= 0.6 is 0 Å². The van der Waals surface area contributed by atoms with E-state index in [9.17, 15) is 14.0 Å². The van der Waals surface area contributed by atoms with Gasteiger partial charge in [-0.1, -0.05) is 24.3 Å². The van der Waals surface area contributed by atoms with Crippen molar-refractivity contribution in [2.24, 2.45) is 0 Å². The highest BCUT2D eigenvalue weighted by Crippen LogP contribution is 2.16. The van der Waals surface area contributed by atoms with E-state index in [0.29, 0.717) is 11.3 Å². The maximum atomic E-state index is 13.2. The van der Waals surface area contributed by atoms with Crippen molar-refractivity contribution < 1.29 is 28.2 Å². The summed E-state index contributed by atoms with van der Waals surface area (Å²) < 4.78 is 28.9. The molecule has 0 saturated carbocycles. The Labute approximate surface area is 161 Å². The molecular formula is C22H17FO5. The molecule has 0 aliphatic heterocycles. The Balaban J connectivity index is 1.48. The lowest BCUT2D eigenvalue weighted by molar-refractivity contribution is 0.0450. The molecule has 0 aliphatic rings. The Hall–Kier alpha value is -3.67. The van der Waals surface area contributed by atoms with E-state index in [1.165, 1.54) is 42.5 Å². The van der Waals surface area contributed by atoms with E-state index in [1.807, 2.05) is 30.3 Å². The fraction of sp³-hybridized carbons (Fsp3) is 0.0909. The predicted octanol–water partition coefficient (Wildman–Crippen LogP) is 4.28. The monoisotopic (exact) mass is 380 g/mol. The van der Waals surface area contributed by atoms with E-state index in [-0.39, 0.29) is 24.5 Å². The largest absolute Gasteiger partial charge is 0.490 e. The standard InChI is InChI=1S/C22H17FO5/c23-18-6-4-5-17(15-18)22(25)28-20-11-9-16(10-12-20)21(24)27-14-13-26-19-7-2-1-3-8-19/h1-12,15H,13-14H2. The van der Waals surface area contributed by atoms with Crippen molar-refractivity contribution in [1.82, 2.24) is 0 Å². The Bertz CT molecular complexity index is 939. The van der Waals surface area contributed by atoms with Gasteiger partial charge in [0.15, 0.2) is 0 Å². The molecule has 0 heterocycles. The molecule has 28 heavy (non-hydrogen) atoms. The number of rotatable bonds is 7. The molecule has 0 N–H and O–H groups in total. The van der Waals surface area contributed by atoms with Crippen LogP contribution in [-0.4, -0.2) is 25.2 Å². The van der Waals surface area contributed by atoms with E-state index in [0.717, 1.165) is 6.07 Å². The van der Waals surface area contributed by atoms with Gasteiger partial charge in [-0.05, 0) is 54.6 Å². The Morgan fingerprint density at radius 3 is 2.18 bits per heavy atom. The molecule has 0 saturated heterocycles. The normalized spacial score (nSPS) is 10.2. The van der Waals surface area contributed by atoms with Crippen molar-refractivity contribution >= 4 is 11.9 Å². The van der Waals surface area contributed by atoms with Crippen LogP contribution in [0.4, 0.5) is 4.39 Å². The third-order valence-corrected chi connectivity index (χ3v) is 3.69. The van der Waals surface area contributed by atoms with Crippen molar-refractivity contribution in [1.29, 1.82) is 0 Å². The second-order valence-electron chi connectivity index (χ2n) is 5.72. The second-order valence-corrected chi connectivity index (χ2v) is 5.72. The van der Waals surface area contributed by atoms with Crippen molar-refractivity contribution in [3.63, 3.8) is 0 Å². The fourth-order valence-corrected chi connectivity index (χ4v) is 2.33. The van der Waals surface area contributed by atoms with Gasteiger partial charge < -0.3 is 14.2 Å². The van der Waals surface area contributed by atoms with Gasteiger partial charge in [0.1, 0.15) is 30.5 Å². The average Bonchev–Trinajstić information content (AvgIpc) is 2.72. The number of para-hydroxylation sites is 1. The van der Waals surface area contributed by atoms with Gasteiger partial charge in [0.2, 0.25) is 0 Å². The molecule has 0 amide bonds. The number of ether oxygens (including phenoxy) is 3. The van der Waals surface area contributed by atoms with Gasteiger partial charge in [0, 0.05) is 0 Å². The number of carbonyl (C=O) groups is 2. The molecule has 142 valence electrons. The first-order valence-corrected chi connectivity index (χ1v) is 8.54. The van der Waals surface area contributed by atoms with Crippen LogP contribution in [0.15, 0.2) is 78.9 Å². The summed E-state index contributed by atoms with van der Waals surface area (Å²) in [5.41, 5.74) is 0.409. The summed E-state index contributed by atoms with van der Waals surface area (Å²) in [4.78, 5) is 24.0. The Morgan fingerprint density at radius 1 is 0.714 bits per heavy atom. The fourth-order valence-electron chi connectivity index (χ4n) is 2.33. The molecule has 0 spiro atoms. The molecule has 6 heteroatoms. The third-order valence-electron chi connectivity index (χ3n) is 3.69. The summed E-state index contributed by atoms with van der Waals surface area (Å²) in [6.07, 6.45) is 0. The Morgan fingerprint density at radius 2 is 1.46 bits per heavy atom. The molecule has 5 nitrogen and oxygen atoms in total. The molecule has 3 rings (SSSR count). The summed E-state index contributed by atoms with van der Waals surface area (Å²) >= 11 is 0. The number of halogens is 1. The zero-order chi connectivity index (χ0) is 19.8. The van der Waals surface area contributed by atoms with E-state index >= 15 is 0 Å². The molecule has 3 aromatic carbocycles. The summed E-state index contributed by atoms with van der Waals surface area (Å²) in [5, 5.41) is 0.